The van der Waals surface area contributed by atoms with Crippen LogP contribution in [-0.2, 0) is 18.9 Å². The molecule has 140 valence electrons. The Bertz CT molecular complexity index is 1080. The van der Waals surface area contributed by atoms with Gasteiger partial charge in [0.15, 0.2) is 0 Å². The number of hydrogen-bond donors (Lipinski definition) is 1. The zero-order valence-electron chi connectivity index (χ0n) is 15.1. The number of amides is 2. The molecule has 0 radical (unpaired) electrons. The molecule has 7 nitrogen and oxygen atoms in total. The molecule has 0 saturated carbocycles. The average molecular weight is 384 g/mol. The van der Waals surface area contributed by atoms with Crippen LogP contribution in [0, 0.1) is 0 Å². The van der Waals surface area contributed by atoms with E-state index in [1.54, 1.807) is 46.3 Å². The highest BCUT2D eigenvalue weighted by Gasteiger charge is 2.34. The van der Waals surface area contributed by atoms with E-state index >= 15 is 0 Å². The van der Waals surface area contributed by atoms with Crippen molar-refractivity contribution >= 4 is 39.9 Å². The maximum Gasteiger partial charge on any atom is 0.328 e. The van der Waals surface area contributed by atoms with Gasteiger partial charge >= 0.3 is 5.69 Å². The van der Waals surface area contributed by atoms with E-state index in [9.17, 15) is 14.4 Å². The molecule has 1 aliphatic heterocycles. The molecule has 1 N–H and O–H groups in total. The van der Waals surface area contributed by atoms with E-state index in [0.717, 1.165) is 17.5 Å². The minimum Gasteiger partial charge on any atom is -0.326 e. The molecular formula is C19H20N4O3S. The van der Waals surface area contributed by atoms with Gasteiger partial charge in [-0.2, -0.15) is 0 Å². The molecule has 2 aromatic heterocycles. The lowest BCUT2D eigenvalue weighted by Crippen LogP contribution is -2.42. The van der Waals surface area contributed by atoms with Gasteiger partial charge in [-0.1, -0.05) is 6.07 Å². The van der Waals surface area contributed by atoms with Gasteiger partial charge in [-0.25, -0.2) is 4.79 Å². The number of thiophene rings is 1. The topological polar surface area (TPSA) is 76.3 Å². The van der Waals surface area contributed by atoms with E-state index in [0.29, 0.717) is 23.5 Å². The largest absolute Gasteiger partial charge is 0.328 e. The monoisotopic (exact) mass is 384 g/mol. The molecule has 1 atom stereocenters. The maximum atomic E-state index is 12.8. The van der Waals surface area contributed by atoms with Crippen LogP contribution in [0.1, 0.15) is 22.5 Å². The number of rotatable bonds is 3. The van der Waals surface area contributed by atoms with Gasteiger partial charge in [0.2, 0.25) is 5.91 Å². The lowest BCUT2D eigenvalue weighted by atomic mass is 10.2. The van der Waals surface area contributed by atoms with Crippen molar-refractivity contribution in [3.8, 4) is 0 Å². The van der Waals surface area contributed by atoms with Gasteiger partial charge in [0.25, 0.3) is 5.91 Å². The van der Waals surface area contributed by atoms with E-state index in [1.807, 2.05) is 17.5 Å². The molecule has 1 saturated heterocycles. The summed E-state index contributed by atoms with van der Waals surface area (Å²) in [5.74, 6) is -0.291. The number of anilines is 1. The fourth-order valence-electron chi connectivity index (χ4n) is 3.63. The van der Waals surface area contributed by atoms with Gasteiger partial charge in [0.05, 0.1) is 15.9 Å². The Kier molecular flexibility index (Phi) is 4.35. The van der Waals surface area contributed by atoms with Crippen LogP contribution in [0.15, 0.2) is 40.5 Å². The van der Waals surface area contributed by atoms with E-state index in [1.165, 1.54) is 11.3 Å². The lowest BCUT2D eigenvalue weighted by molar-refractivity contribution is -0.119. The van der Waals surface area contributed by atoms with Gasteiger partial charge in [-0.3, -0.25) is 18.7 Å². The maximum absolute atomic E-state index is 12.8. The number of likely N-dealkylation sites (tertiary alicyclic amines) is 1. The smallest absolute Gasteiger partial charge is 0.326 e. The Morgan fingerprint density at radius 2 is 1.93 bits per heavy atom. The van der Waals surface area contributed by atoms with E-state index in [2.05, 4.69) is 5.32 Å². The second-order valence-electron chi connectivity index (χ2n) is 6.73. The summed E-state index contributed by atoms with van der Waals surface area (Å²) in [5, 5.41) is 4.77. The number of carbonyl (C=O) groups excluding carboxylic acids is 2. The first-order valence-corrected chi connectivity index (χ1v) is 9.66. The highest BCUT2D eigenvalue weighted by Crippen LogP contribution is 2.24. The average Bonchev–Trinajstić information content (AvgIpc) is 3.40. The summed E-state index contributed by atoms with van der Waals surface area (Å²) in [6.07, 6.45) is 1.45. The summed E-state index contributed by atoms with van der Waals surface area (Å²) in [6.45, 7) is 0.584. The molecule has 1 aliphatic rings. The fourth-order valence-corrected chi connectivity index (χ4v) is 4.31. The highest BCUT2D eigenvalue weighted by atomic mass is 32.1. The number of aryl methyl sites for hydroxylation is 2. The van der Waals surface area contributed by atoms with Gasteiger partial charge in [-0.05, 0) is 42.5 Å². The first-order chi connectivity index (χ1) is 13.0. The number of nitrogens with one attached hydrogen (secondary N) is 1. The number of hydrogen-bond acceptors (Lipinski definition) is 4. The normalized spacial score (nSPS) is 16.8. The molecule has 8 heteroatoms. The van der Waals surface area contributed by atoms with Crippen molar-refractivity contribution in [2.45, 2.75) is 18.9 Å². The molecule has 1 aromatic carbocycles. The van der Waals surface area contributed by atoms with E-state index < -0.39 is 6.04 Å². The Morgan fingerprint density at radius 1 is 1.15 bits per heavy atom. The third-order valence-electron chi connectivity index (χ3n) is 5.09. The van der Waals surface area contributed by atoms with Crippen molar-refractivity contribution < 1.29 is 9.59 Å². The van der Waals surface area contributed by atoms with Crippen LogP contribution in [0.25, 0.3) is 11.0 Å². The number of aromatic nitrogens is 2. The molecule has 0 unspecified atom stereocenters. The number of nitrogens with zero attached hydrogens (tertiary/aromatic N) is 3. The summed E-state index contributed by atoms with van der Waals surface area (Å²) >= 11 is 1.38. The van der Waals surface area contributed by atoms with Gasteiger partial charge in [-0.15, -0.1) is 11.3 Å². The van der Waals surface area contributed by atoms with Gasteiger partial charge in [0, 0.05) is 26.3 Å². The second kappa shape index (κ2) is 6.70. The van der Waals surface area contributed by atoms with Crippen molar-refractivity contribution in [2.75, 3.05) is 11.9 Å². The Labute approximate surface area is 159 Å². The van der Waals surface area contributed by atoms with Crippen LogP contribution in [0.4, 0.5) is 5.69 Å². The van der Waals surface area contributed by atoms with Crippen LogP contribution in [0.3, 0.4) is 0 Å². The van der Waals surface area contributed by atoms with E-state index in [4.69, 9.17) is 0 Å². The van der Waals surface area contributed by atoms with Crippen molar-refractivity contribution in [3.05, 3.63) is 51.1 Å². The van der Waals surface area contributed by atoms with Crippen molar-refractivity contribution in [2.24, 2.45) is 14.1 Å². The van der Waals surface area contributed by atoms with Crippen LogP contribution >= 0.6 is 11.3 Å². The predicted molar refractivity (Wildman–Crippen MR) is 105 cm³/mol. The molecule has 3 heterocycles. The summed E-state index contributed by atoms with van der Waals surface area (Å²) in [4.78, 5) is 39.8. The third kappa shape index (κ3) is 2.95. The number of benzene rings is 1. The summed E-state index contributed by atoms with van der Waals surface area (Å²) < 4.78 is 3.12. The Hall–Kier alpha value is -2.87. The highest BCUT2D eigenvalue weighted by molar-refractivity contribution is 7.12. The Balaban J connectivity index is 1.56. The van der Waals surface area contributed by atoms with Gasteiger partial charge in [0.1, 0.15) is 6.04 Å². The minimum atomic E-state index is -0.477. The molecule has 3 aromatic rings. The second-order valence-corrected chi connectivity index (χ2v) is 7.67. The first-order valence-electron chi connectivity index (χ1n) is 8.78. The SMILES string of the molecule is Cn1c(=O)n(C)c2cc(NC(=O)[C@@H]3CCCN3C(=O)c3cccs3)ccc21. The molecular weight excluding hydrogens is 364 g/mol. The van der Waals surface area contributed by atoms with E-state index in [-0.39, 0.29) is 17.5 Å². The summed E-state index contributed by atoms with van der Waals surface area (Å²) in [6, 6.07) is 8.52. The van der Waals surface area contributed by atoms with Crippen LogP contribution < -0.4 is 11.0 Å². The molecule has 0 aliphatic carbocycles. The summed E-state index contributed by atoms with van der Waals surface area (Å²) in [7, 11) is 3.42. The number of fused-ring (bicyclic) bond motifs is 1. The minimum absolute atomic E-state index is 0.0939. The summed E-state index contributed by atoms with van der Waals surface area (Å²) in [5.41, 5.74) is 2.05. The number of carbonyl (C=O) groups is 2. The molecule has 27 heavy (non-hydrogen) atoms. The van der Waals surface area contributed by atoms with Crippen molar-refractivity contribution in [3.63, 3.8) is 0 Å². The zero-order chi connectivity index (χ0) is 19.1. The molecule has 0 bridgehead atoms. The predicted octanol–water partition coefficient (Wildman–Crippen LogP) is 2.18. The quantitative estimate of drug-likeness (QED) is 0.752. The Morgan fingerprint density at radius 3 is 2.67 bits per heavy atom. The fraction of sp³-hybridized carbons (Fsp3) is 0.316. The van der Waals surface area contributed by atoms with Gasteiger partial charge < -0.3 is 10.2 Å². The van der Waals surface area contributed by atoms with Crippen molar-refractivity contribution in [1.82, 2.24) is 14.0 Å². The molecule has 2 amide bonds. The molecule has 0 spiro atoms. The first kappa shape index (κ1) is 17.5. The van der Waals surface area contributed by atoms with Crippen LogP contribution in [-0.4, -0.2) is 38.4 Å². The lowest BCUT2D eigenvalue weighted by Gasteiger charge is -2.23. The van der Waals surface area contributed by atoms with Crippen LogP contribution in [0.5, 0.6) is 0 Å². The molecule has 4 rings (SSSR count). The molecule has 1 fully saturated rings. The standard InChI is InChI=1S/C19H20N4O3S/c1-21-13-8-7-12(11-15(13)22(2)19(21)26)20-17(24)14-5-3-9-23(14)18(25)16-6-4-10-27-16/h4,6-8,10-11,14H,3,5,9H2,1-2H3,(H,20,24)/t14-/m0/s1. The zero-order valence-corrected chi connectivity index (χ0v) is 16.0. The van der Waals surface area contributed by atoms with Crippen molar-refractivity contribution in [1.29, 1.82) is 0 Å². The number of imidazole rings is 1. The van der Waals surface area contributed by atoms with Crippen LogP contribution in [0.2, 0.25) is 0 Å². The third-order valence-corrected chi connectivity index (χ3v) is 5.95.